The molecule has 0 aromatic heterocycles. The second-order valence-electron chi connectivity index (χ2n) is 7.91. The Morgan fingerprint density at radius 2 is 1.96 bits per heavy atom. The van der Waals surface area contributed by atoms with Gasteiger partial charge in [-0.2, -0.15) is 0 Å². The molecule has 4 nitrogen and oxygen atoms in total. The molecule has 1 amide bonds. The molecule has 4 atom stereocenters. The minimum atomic E-state index is -0.345. The van der Waals surface area contributed by atoms with Crippen LogP contribution in [-0.2, 0) is 4.74 Å². The fourth-order valence-electron chi connectivity index (χ4n) is 4.89. The van der Waals surface area contributed by atoms with Crippen molar-refractivity contribution >= 4 is 6.09 Å². The highest BCUT2D eigenvalue weighted by molar-refractivity contribution is 5.70. The van der Waals surface area contributed by atoms with Crippen LogP contribution in [0.2, 0.25) is 0 Å². The molecule has 5 heteroatoms. The van der Waals surface area contributed by atoms with Crippen LogP contribution in [0, 0.1) is 5.82 Å². The maximum atomic E-state index is 13.5. The lowest BCUT2D eigenvalue weighted by molar-refractivity contribution is -0.0980. The van der Waals surface area contributed by atoms with E-state index in [1.54, 1.807) is 23.1 Å². The van der Waals surface area contributed by atoms with Crippen LogP contribution in [0.25, 0.3) is 0 Å². The van der Waals surface area contributed by atoms with Crippen molar-refractivity contribution in [2.45, 2.75) is 49.9 Å². The van der Waals surface area contributed by atoms with Gasteiger partial charge in [0.05, 0.1) is 6.04 Å². The van der Waals surface area contributed by atoms with E-state index < -0.39 is 0 Å². The molecular weight excluding hydrogens is 355 g/mol. The standard InChI is InChI=1S/C23H27FN2O2/c1-4-15-12-13-26(22(19(15)5-2)16-6-8-17(24)9-7-16)23(27)28-21-11-10-18-14-20(21)25(18)3/h4-9,18,20-22H,1-2,10-14H2,3H3/t18?,20?,21?,22-/m0/s1. The summed E-state index contributed by atoms with van der Waals surface area (Å²) >= 11 is 0. The van der Waals surface area contributed by atoms with Crippen molar-refractivity contribution in [2.75, 3.05) is 13.6 Å². The third kappa shape index (κ3) is 3.18. The summed E-state index contributed by atoms with van der Waals surface area (Å²) in [7, 11) is 2.11. The predicted octanol–water partition coefficient (Wildman–Crippen LogP) is 4.61. The van der Waals surface area contributed by atoms with E-state index in [1.807, 2.05) is 6.08 Å². The van der Waals surface area contributed by atoms with E-state index >= 15 is 0 Å². The van der Waals surface area contributed by atoms with E-state index in [4.69, 9.17) is 4.74 Å². The summed E-state index contributed by atoms with van der Waals surface area (Å²) in [6.07, 6.45) is 7.03. The number of ether oxygens (including phenoxy) is 1. The van der Waals surface area contributed by atoms with Crippen molar-refractivity contribution in [1.29, 1.82) is 0 Å². The number of halogens is 1. The first kappa shape index (κ1) is 18.9. The summed E-state index contributed by atoms with van der Waals surface area (Å²) < 4.78 is 19.4. The van der Waals surface area contributed by atoms with E-state index in [2.05, 4.69) is 25.1 Å². The Balaban J connectivity index is 1.61. The minimum Gasteiger partial charge on any atom is -0.444 e. The number of piperidine rings is 1. The number of fused-ring (bicyclic) bond motifs is 2. The molecule has 28 heavy (non-hydrogen) atoms. The first-order valence-electron chi connectivity index (χ1n) is 9.96. The average Bonchev–Trinajstić information content (AvgIpc) is 2.72. The van der Waals surface area contributed by atoms with E-state index in [0.717, 1.165) is 36.0 Å². The van der Waals surface area contributed by atoms with E-state index in [-0.39, 0.29) is 24.1 Å². The molecule has 3 aliphatic heterocycles. The minimum absolute atomic E-state index is 0.0617. The van der Waals surface area contributed by atoms with Crippen molar-refractivity contribution in [2.24, 2.45) is 0 Å². The van der Waals surface area contributed by atoms with Gasteiger partial charge >= 0.3 is 6.09 Å². The van der Waals surface area contributed by atoms with Crippen molar-refractivity contribution in [3.05, 3.63) is 72.1 Å². The van der Waals surface area contributed by atoms with Gasteiger partial charge in [-0.15, -0.1) is 0 Å². The van der Waals surface area contributed by atoms with Crippen molar-refractivity contribution < 1.29 is 13.9 Å². The summed E-state index contributed by atoms with van der Waals surface area (Å²) in [5.41, 5.74) is 2.83. The fourth-order valence-corrected chi connectivity index (χ4v) is 4.89. The average molecular weight is 382 g/mol. The van der Waals surface area contributed by atoms with Crippen LogP contribution in [-0.4, -0.2) is 47.7 Å². The largest absolute Gasteiger partial charge is 0.444 e. The fraction of sp³-hybridized carbons (Fsp3) is 0.435. The first-order chi connectivity index (χ1) is 13.5. The number of hydrogen-bond donors (Lipinski definition) is 0. The summed E-state index contributed by atoms with van der Waals surface area (Å²) in [6.45, 7) is 8.39. The summed E-state index contributed by atoms with van der Waals surface area (Å²) in [6, 6.07) is 6.92. The molecule has 0 spiro atoms. The molecule has 4 aliphatic rings. The van der Waals surface area contributed by atoms with E-state index in [9.17, 15) is 9.18 Å². The summed E-state index contributed by atoms with van der Waals surface area (Å²) in [5.74, 6) is -0.299. The van der Waals surface area contributed by atoms with Gasteiger partial charge in [-0.1, -0.05) is 37.4 Å². The zero-order valence-corrected chi connectivity index (χ0v) is 16.3. The quantitative estimate of drug-likeness (QED) is 0.762. The molecular formula is C23H27FN2O2. The van der Waals surface area contributed by atoms with Crippen LogP contribution in [0.15, 0.2) is 60.7 Å². The lowest BCUT2D eigenvalue weighted by atomic mass is 9.78. The number of carbonyl (C=O) groups is 1. The molecule has 1 saturated carbocycles. The highest BCUT2D eigenvalue weighted by Gasteiger charge is 2.47. The molecule has 3 heterocycles. The van der Waals surface area contributed by atoms with Crippen LogP contribution in [0.1, 0.15) is 37.3 Å². The highest BCUT2D eigenvalue weighted by atomic mass is 19.1. The number of carbonyl (C=O) groups excluding carboxylic acids is 1. The third-order valence-electron chi connectivity index (χ3n) is 6.56. The highest BCUT2D eigenvalue weighted by Crippen LogP contribution is 2.40. The molecule has 5 rings (SSSR count). The Morgan fingerprint density at radius 1 is 1.21 bits per heavy atom. The number of benzene rings is 1. The van der Waals surface area contributed by atoms with Crippen molar-refractivity contribution in [1.82, 2.24) is 9.80 Å². The van der Waals surface area contributed by atoms with Crippen LogP contribution < -0.4 is 0 Å². The monoisotopic (exact) mass is 382 g/mol. The summed E-state index contributed by atoms with van der Waals surface area (Å²) in [5, 5.41) is 0. The molecule has 2 bridgehead atoms. The van der Waals surface area contributed by atoms with Gasteiger partial charge in [0.15, 0.2) is 0 Å². The van der Waals surface area contributed by atoms with Crippen molar-refractivity contribution in [3.63, 3.8) is 0 Å². The van der Waals surface area contributed by atoms with Gasteiger partial charge in [-0.05, 0) is 61.6 Å². The second kappa shape index (κ2) is 7.55. The number of allylic oxidation sites excluding steroid dienone is 1. The van der Waals surface area contributed by atoms with Gasteiger partial charge in [0, 0.05) is 18.6 Å². The molecule has 148 valence electrons. The maximum absolute atomic E-state index is 13.5. The Morgan fingerprint density at radius 3 is 2.57 bits per heavy atom. The lowest BCUT2D eigenvalue weighted by Gasteiger charge is -2.54. The van der Waals surface area contributed by atoms with Gasteiger partial charge < -0.3 is 4.74 Å². The van der Waals surface area contributed by atoms with E-state index in [1.165, 1.54) is 12.1 Å². The zero-order chi connectivity index (χ0) is 19.8. The molecule has 3 fully saturated rings. The number of hydrogen-bond acceptors (Lipinski definition) is 3. The topological polar surface area (TPSA) is 32.8 Å². The molecule has 0 radical (unpaired) electrons. The number of amides is 1. The van der Waals surface area contributed by atoms with Gasteiger partial charge in [0.2, 0.25) is 0 Å². The second-order valence-corrected chi connectivity index (χ2v) is 7.91. The van der Waals surface area contributed by atoms with Gasteiger partial charge in [0.25, 0.3) is 0 Å². The molecule has 1 aromatic carbocycles. The zero-order valence-electron chi connectivity index (χ0n) is 16.3. The number of likely N-dealkylation sites (N-methyl/N-ethyl adjacent to an activating group) is 1. The third-order valence-corrected chi connectivity index (χ3v) is 6.56. The van der Waals surface area contributed by atoms with Gasteiger partial charge in [-0.25, -0.2) is 9.18 Å². The van der Waals surface area contributed by atoms with Crippen molar-refractivity contribution in [3.8, 4) is 0 Å². The SMILES string of the molecule is C=CC1=C(C=C)[C@H](c2ccc(F)cc2)N(C(=O)OC2CCC3CC2N3C)CC1. The Labute approximate surface area is 166 Å². The van der Waals surface area contributed by atoms with Crippen LogP contribution >= 0.6 is 0 Å². The smallest absolute Gasteiger partial charge is 0.410 e. The predicted molar refractivity (Wildman–Crippen MR) is 107 cm³/mol. The van der Waals surface area contributed by atoms with Crippen LogP contribution in [0.3, 0.4) is 0 Å². The van der Waals surface area contributed by atoms with E-state index in [0.29, 0.717) is 25.0 Å². The normalized spacial score (nSPS) is 29.9. The molecule has 1 aliphatic carbocycles. The number of nitrogens with zero attached hydrogens (tertiary/aromatic N) is 2. The molecule has 2 saturated heterocycles. The molecule has 3 unspecified atom stereocenters. The molecule has 1 aromatic rings. The lowest BCUT2D eigenvalue weighted by Crippen LogP contribution is -2.63. The van der Waals surface area contributed by atoms with Crippen LogP contribution in [0.4, 0.5) is 9.18 Å². The Kier molecular flexibility index (Phi) is 5.11. The van der Waals surface area contributed by atoms with Crippen LogP contribution in [0.5, 0.6) is 0 Å². The number of rotatable bonds is 4. The Bertz CT molecular complexity index is 814. The van der Waals surface area contributed by atoms with Gasteiger partial charge in [0.1, 0.15) is 11.9 Å². The Hall–Kier alpha value is -2.40. The van der Waals surface area contributed by atoms with Gasteiger partial charge in [-0.3, -0.25) is 9.80 Å². The summed E-state index contributed by atoms with van der Waals surface area (Å²) in [4.78, 5) is 17.2. The first-order valence-corrected chi connectivity index (χ1v) is 9.96. The maximum Gasteiger partial charge on any atom is 0.410 e. The molecule has 0 N–H and O–H groups in total.